The molecule has 2 N–H and O–H groups in total. The Labute approximate surface area is 202 Å². The van der Waals surface area contributed by atoms with Crippen LogP contribution < -0.4 is 21.1 Å². The molecule has 9 nitrogen and oxygen atoms in total. The lowest BCUT2D eigenvalue weighted by Gasteiger charge is -2.31. The fourth-order valence-corrected chi connectivity index (χ4v) is 5.70. The molecule has 2 aliphatic carbocycles. The number of hydrogen-bond donors (Lipinski definition) is 2. The van der Waals surface area contributed by atoms with Gasteiger partial charge in [-0.05, 0) is 57.8 Å². The molecule has 182 valence electrons. The van der Waals surface area contributed by atoms with Gasteiger partial charge >= 0.3 is 0 Å². The van der Waals surface area contributed by atoms with E-state index >= 15 is 0 Å². The number of allylic oxidation sites excluding steroid dienone is 1. The van der Waals surface area contributed by atoms with E-state index in [-0.39, 0.29) is 29.8 Å². The molecule has 2 fully saturated rings. The second kappa shape index (κ2) is 10.2. The molecule has 1 saturated carbocycles. The molecule has 1 saturated heterocycles. The van der Waals surface area contributed by atoms with Crippen LogP contribution in [0, 0.1) is 5.92 Å². The van der Waals surface area contributed by atoms with Gasteiger partial charge < -0.3 is 15.5 Å². The first kappa shape index (κ1) is 23.0. The molecule has 0 radical (unpaired) electrons. The first-order valence-corrected chi connectivity index (χ1v) is 13.2. The Morgan fingerprint density at radius 2 is 2.06 bits per heavy atom. The van der Waals surface area contributed by atoms with Gasteiger partial charge in [0.25, 0.3) is 5.56 Å². The van der Waals surface area contributed by atoms with Gasteiger partial charge in [0, 0.05) is 25.7 Å². The van der Waals surface area contributed by atoms with Gasteiger partial charge in [0.05, 0.1) is 5.92 Å². The predicted molar refractivity (Wildman–Crippen MR) is 132 cm³/mol. The van der Waals surface area contributed by atoms with Crippen molar-refractivity contribution in [3.05, 3.63) is 28.3 Å². The van der Waals surface area contributed by atoms with Crippen molar-refractivity contribution in [2.24, 2.45) is 5.92 Å². The van der Waals surface area contributed by atoms with Gasteiger partial charge in [0.1, 0.15) is 17.6 Å². The second-order valence-corrected chi connectivity index (χ2v) is 10.6. The molecule has 0 unspecified atom stereocenters. The molecule has 5 rings (SSSR count). The summed E-state index contributed by atoms with van der Waals surface area (Å²) < 4.78 is 1.80. The minimum atomic E-state index is -0.251. The predicted octanol–water partition coefficient (Wildman–Crippen LogP) is 2.35. The summed E-state index contributed by atoms with van der Waals surface area (Å²) in [4.78, 5) is 48.9. The fourth-order valence-electron chi connectivity index (χ4n) is 4.70. The lowest BCUT2D eigenvalue weighted by molar-refractivity contribution is -0.125. The minimum Gasteiger partial charge on any atom is -0.354 e. The summed E-state index contributed by atoms with van der Waals surface area (Å²) in [5, 5.41) is 6.73. The van der Waals surface area contributed by atoms with Crippen LogP contribution in [0.3, 0.4) is 0 Å². The SMILES string of the molecule is O=C(Cn1cnc2nc(N3CCC[C@H](C(=O)NC4CC4)C3)sc2c1=O)NCCC1=CCCCC1. The molecule has 2 aromatic rings. The van der Waals surface area contributed by atoms with Gasteiger partial charge in [-0.3, -0.25) is 19.0 Å². The van der Waals surface area contributed by atoms with E-state index in [0.29, 0.717) is 34.6 Å². The van der Waals surface area contributed by atoms with E-state index < -0.39 is 0 Å². The zero-order chi connectivity index (χ0) is 23.5. The highest BCUT2D eigenvalue weighted by Crippen LogP contribution is 2.30. The molecule has 3 heterocycles. The van der Waals surface area contributed by atoms with E-state index in [1.54, 1.807) is 0 Å². The number of amides is 2. The number of carbonyl (C=O) groups excluding carboxylic acids is 2. The van der Waals surface area contributed by atoms with E-state index in [1.807, 2.05) is 0 Å². The van der Waals surface area contributed by atoms with Crippen LogP contribution in [-0.2, 0) is 16.1 Å². The van der Waals surface area contributed by atoms with Gasteiger partial charge in [0.2, 0.25) is 11.8 Å². The number of carbonyl (C=O) groups is 2. The van der Waals surface area contributed by atoms with Crippen LogP contribution in [0.25, 0.3) is 10.3 Å². The molecular formula is C24H32N6O3S. The summed E-state index contributed by atoms with van der Waals surface area (Å²) >= 11 is 1.30. The van der Waals surface area contributed by atoms with Crippen LogP contribution in [0.4, 0.5) is 5.13 Å². The van der Waals surface area contributed by atoms with Crippen LogP contribution in [0.5, 0.6) is 0 Å². The summed E-state index contributed by atoms with van der Waals surface area (Å²) in [7, 11) is 0. The molecule has 34 heavy (non-hydrogen) atoms. The quantitative estimate of drug-likeness (QED) is 0.557. The summed E-state index contributed by atoms with van der Waals surface area (Å²) in [6.07, 6.45) is 13.2. The number of rotatable bonds is 8. The van der Waals surface area contributed by atoms with Crippen molar-refractivity contribution in [2.45, 2.75) is 70.4 Å². The van der Waals surface area contributed by atoms with Crippen LogP contribution in [0.1, 0.15) is 57.8 Å². The van der Waals surface area contributed by atoms with E-state index in [0.717, 1.165) is 51.5 Å². The number of nitrogens with one attached hydrogen (secondary N) is 2. The summed E-state index contributed by atoms with van der Waals surface area (Å²) in [5.41, 5.74) is 1.56. The highest BCUT2D eigenvalue weighted by atomic mass is 32.1. The van der Waals surface area contributed by atoms with E-state index in [9.17, 15) is 14.4 Å². The average molecular weight is 485 g/mol. The zero-order valence-electron chi connectivity index (χ0n) is 19.4. The first-order valence-electron chi connectivity index (χ1n) is 12.4. The van der Waals surface area contributed by atoms with Crippen molar-refractivity contribution in [1.82, 2.24) is 25.2 Å². The highest BCUT2D eigenvalue weighted by Gasteiger charge is 2.31. The molecule has 2 aromatic heterocycles. The molecule has 2 amide bonds. The Bertz CT molecular complexity index is 1150. The maximum Gasteiger partial charge on any atom is 0.273 e. The number of fused-ring (bicyclic) bond motifs is 1. The first-order chi connectivity index (χ1) is 16.6. The topological polar surface area (TPSA) is 109 Å². The van der Waals surface area contributed by atoms with Crippen LogP contribution >= 0.6 is 11.3 Å². The molecule has 0 spiro atoms. The normalized spacial score (nSPS) is 20.8. The molecule has 10 heteroatoms. The third kappa shape index (κ3) is 5.48. The van der Waals surface area contributed by atoms with Crippen LogP contribution in [0.2, 0.25) is 0 Å². The van der Waals surface area contributed by atoms with E-state index in [4.69, 9.17) is 0 Å². The van der Waals surface area contributed by atoms with Crippen molar-refractivity contribution < 1.29 is 9.59 Å². The summed E-state index contributed by atoms with van der Waals surface area (Å²) in [6.45, 7) is 1.94. The Morgan fingerprint density at radius 1 is 1.18 bits per heavy atom. The summed E-state index contributed by atoms with van der Waals surface area (Å²) in [6, 6.07) is 0.356. The highest BCUT2D eigenvalue weighted by molar-refractivity contribution is 7.22. The standard InChI is InChI=1S/C24H32N6O3S/c31-19(25-11-10-16-5-2-1-3-6-16)14-30-15-26-21-20(23(30)33)34-24(28-21)29-12-4-7-17(13-29)22(32)27-18-8-9-18/h5,15,17-18H,1-4,6-14H2,(H,25,31)(H,27,32)/t17-/m0/s1. The van der Waals surface area contributed by atoms with Crippen molar-refractivity contribution in [1.29, 1.82) is 0 Å². The molecular weight excluding hydrogens is 452 g/mol. The minimum absolute atomic E-state index is 0.0544. The van der Waals surface area contributed by atoms with Gasteiger partial charge in [-0.2, -0.15) is 4.98 Å². The number of aromatic nitrogens is 3. The molecule has 0 bridgehead atoms. The van der Waals surface area contributed by atoms with Gasteiger partial charge in [0.15, 0.2) is 10.8 Å². The van der Waals surface area contributed by atoms with Crippen molar-refractivity contribution >= 4 is 38.6 Å². The smallest absolute Gasteiger partial charge is 0.273 e. The second-order valence-electron chi connectivity index (χ2n) is 9.60. The molecule has 1 aliphatic heterocycles. The number of nitrogens with zero attached hydrogens (tertiary/aromatic N) is 4. The average Bonchev–Trinajstić information content (AvgIpc) is 3.56. The van der Waals surface area contributed by atoms with Crippen LogP contribution in [-0.4, -0.2) is 52.0 Å². The van der Waals surface area contributed by atoms with Gasteiger partial charge in [-0.25, -0.2) is 4.98 Å². The maximum absolute atomic E-state index is 13.0. The summed E-state index contributed by atoms with van der Waals surface area (Å²) in [5.74, 6) is -0.122. The number of piperidine rings is 1. The molecule has 3 aliphatic rings. The largest absolute Gasteiger partial charge is 0.354 e. The lowest BCUT2D eigenvalue weighted by Crippen LogP contribution is -2.43. The third-order valence-corrected chi connectivity index (χ3v) is 7.92. The zero-order valence-corrected chi connectivity index (χ0v) is 20.2. The van der Waals surface area contributed by atoms with E-state index in [1.165, 1.54) is 40.6 Å². The number of anilines is 1. The Hall–Kier alpha value is -2.75. The monoisotopic (exact) mass is 484 g/mol. The fraction of sp³-hybridized carbons (Fsp3) is 0.625. The van der Waals surface area contributed by atoms with Crippen molar-refractivity contribution in [3.8, 4) is 0 Å². The Balaban J connectivity index is 1.21. The number of hydrogen-bond acceptors (Lipinski definition) is 7. The number of thiazole rings is 1. The Kier molecular flexibility index (Phi) is 6.94. The maximum atomic E-state index is 13.0. The van der Waals surface area contributed by atoms with Crippen molar-refractivity contribution in [2.75, 3.05) is 24.5 Å². The van der Waals surface area contributed by atoms with Gasteiger partial charge in [-0.1, -0.05) is 23.0 Å². The van der Waals surface area contributed by atoms with Gasteiger partial charge in [-0.15, -0.1) is 0 Å². The molecule has 1 atom stereocenters. The van der Waals surface area contributed by atoms with Crippen molar-refractivity contribution in [3.63, 3.8) is 0 Å². The lowest BCUT2D eigenvalue weighted by atomic mass is 9.97. The third-order valence-electron chi connectivity index (χ3n) is 6.83. The Morgan fingerprint density at radius 3 is 2.85 bits per heavy atom. The van der Waals surface area contributed by atoms with E-state index in [2.05, 4.69) is 31.6 Å². The molecule has 0 aromatic carbocycles. The van der Waals surface area contributed by atoms with Crippen LogP contribution in [0.15, 0.2) is 22.8 Å².